The van der Waals surface area contributed by atoms with Crippen LogP contribution in [0.4, 0.5) is 0 Å². The summed E-state index contributed by atoms with van der Waals surface area (Å²) < 4.78 is 7.52. The van der Waals surface area contributed by atoms with E-state index in [0.29, 0.717) is 20.6 Å². The molecule has 31 heavy (non-hydrogen) atoms. The molecule has 1 aliphatic rings. The first-order valence-electron chi connectivity index (χ1n) is 10.2. The van der Waals surface area contributed by atoms with Gasteiger partial charge in [-0.15, -0.1) is 0 Å². The smallest absolute Gasteiger partial charge is 0.338 e. The van der Waals surface area contributed by atoms with Gasteiger partial charge in [-0.05, 0) is 57.9 Å². The molecule has 4 rings (SSSR count). The van der Waals surface area contributed by atoms with Gasteiger partial charge in [-0.1, -0.05) is 41.2 Å². The van der Waals surface area contributed by atoms with E-state index in [0.717, 1.165) is 28.1 Å². The standard InChI is InChI=1S/C24H25N3O3S/c1-6-30-23(29)20-16(5)26-24-27(21(20)17-9-7-13(2)8-10-17)22(28)19(31-24)12-18-11-14(3)25-15(18)4/h7-12,21,25H,6H2,1-5H3/b19-12-/t21-/m0/s1. The van der Waals surface area contributed by atoms with Gasteiger partial charge in [-0.2, -0.15) is 0 Å². The molecule has 0 unspecified atom stereocenters. The highest BCUT2D eigenvalue weighted by molar-refractivity contribution is 7.07. The molecule has 0 aliphatic carbocycles. The molecule has 3 heterocycles. The topological polar surface area (TPSA) is 76.4 Å². The Labute approximate surface area is 184 Å². The SMILES string of the molecule is CCOC(=O)C1=C(C)N=c2s/c(=C\c3cc(C)[nH]c3C)c(=O)n2[C@H]1c1ccc(C)cc1. The Morgan fingerprint density at radius 1 is 1.23 bits per heavy atom. The van der Waals surface area contributed by atoms with Crippen LogP contribution >= 0.6 is 11.3 Å². The molecule has 0 saturated carbocycles. The van der Waals surface area contributed by atoms with Crippen LogP contribution in [0.3, 0.4) is 0 Å². The van der Waals surface area contributed by atoms with E-state index in [-0.39, 0.29) is 12.2 Å². The van der Waals surface area contributed by atoms with Gasteiger partial charge in [0, 0.05) is 11.4 Å². The third kappa shape index (κ3) is 3.81. The van der Waals surface area contributed by atoms with Crippen molar-refractivity contribution in [2.24, 2.45) is 4.99 Å². The van der Waals surface area contributed by atoms with Crippen molar-refractivity contribution in [1.82, 2.24) is 9.55 Å². The molecular formula is C24H25N3O3S. The lowest BCUT2D eigenvalue weighted by Crippen LogP contribution is -2.39. The quantitative estimate of drug-likeness (QED) is 0.640. The summed E-state index contributed by atoms with van der Waals surface area (Å²) >= 11 is 1.34. The van der Waals surface area contributed by atoms with Gasteiger partial charge in [0.1, 0.15) is 0 Å². The van der Waals surface area contributed by atoms with Gasteiger partial charge in [0.05, 0.1) is 28.5 Å². The van der Waals surface area contributed by atoms with Crippen LogP contribution in [0, 0.1) is 20.8 Å². The Bertz CT molecular complexity index is 1370. The normalized spacial score (nSPS) is 16.3. The summed E-state index contributed by atoms with van der Waals surface area (Å²) in [6.07, 6.45) is 1.89. The molecule has 6 nitrogen and oxygen atoms in total. The fourth-order valence-electron chi connectivity index (χ4n) is 3.89. The summed E-state index contributed by atoms with van der Waals surface area (Å²) in [4.78, 5) is 34.8. The summed E-state index contributed by atoms with van der Waals surface area (Å²) in [6, 6.07) is 9.31. The monoisotopic (exact) mass is 435 g/mol. The van der Waals surface area contributed by atoms with Crippen molar-refractivity contribution in [3.05, 3.63) is 89.4 Å². The Morgan fingerprint density at radius 3 is 2.55 bits per heavy atom. The number of aromatic amines is 1. The lowest BCUT2D eigenvalue weighted by atomic mass is 9.95. The number of aromatic nitrogens is 2. The second kappa shape index (κ2) is 8.15. The predicted molar refractivity (Wildman–Crippen MR) is 122 cm³/mol. The summed E-state index contributed by atoms with van der Waals surface area (Å²) in [7, 11) is 0. The number of thiazole rings is 1. The number of benzene rings is 1. The van der Waals surface area contributed by atoms with Crippen LogP contribution < -0.4 is 14.9 Å². The minimum absolute atomic E-state index is 0.165. The van der Waals surface area contributed by atoms with Crippen molar-refractivity contribution >= 4 is 23.4 Å². The number of aryl methyl sites for hydroxylation is 3. The van der Waals surface area contributed by atoms with Crippen LogP contribution in [0.25, 0.3) is 6.08 Å². The highest BCUT2D eigenvalue weighted by Gasteiger charge is 2.33. The number of nitrogens with zero attached hydrogens (tertiary/aromatic N) is 2. The van der Waals surface area contributed by atoms with Gasteiger partial charge in [0.15, 0.2) is 4.80 Å². The van der Waals surface area contributed by atoms with E-state index in [4.69, 9.17) is 4.74 Å². The van der Waals surface area contributed by atoms with Crippen molar-refractivity contribution in [2.45, 2.75) is 40.7 Å². The molecule has 1 N–H and O–H groups in total. The van der Waals surface area contributed by atoms with Crippen molar-refractivity contribution in [2.75, 3.05) is 6.61 Å². The fourth-order valence-corrected chi connectivity index (χ4v) is 4.93. The molecule has 0 fully saturated rings. The van der Waals surface area contributed by atoms with Crippen LogP contribution in [0.1, 0.15) is 48.0 Å². The molecule has 1 aliphatic heterocycles. The van der Waals surface area contributed by atoms with Gasteiger partial charge < -0.3 is 9.72 Å². The first-order valence-corrected chi connectivity index (χ1v) is 11.0. The average molecular weight is 436 g/mol. The second-order valence-corrected chi connectivity index (χ2v) is 8.75. The zero-order chi connectivity index (χ0) is 22.3. The van der Waals surface area contributed by atoms with Gasteiger partial charge in [0.25, 0.3) is 5.56 Å². The molecule has 0 spiro atoms. The van der Waals surface area contributed by atoms with Gasteiger partial charge in [0.2, 0.25) is 0 Å². The van der Waals surface area contributed by atoms with Gasteiger partial charge in [-0.3, -0.25) is 9.36 Å². The van der Waals surface area contributed by atoms with Crippen molar-refractivity contribution in [3.8, 4) is 0 Å². The molecular weight excluding hydrogens is 410 g/mol. The lowest BCUT2D eigenvalue weighted by Gasteiger charge is -2.24. The van der Waals surface area contributed by atoms with Crippen molar-refractivity contribution in [1.29, 1.82) is 0 Å². The first-order chi connectivity index (χ1) is 14.8. The molecule has 1 aromatic carbocycles. The van der Waals surface area contributed by atoms with E-state index < -0.39 is 12.0 Å². The molecule has 0 amide bonds. The van der Waals surface area contributed by atoms with E-state index in [9.17, 15) is 9.59 Å². The highest BCUT2D eigenvalue weighted by Crippen LogP contribution is 2.30. The second-order valence-electron chi connectivity index (χ2n) is 7.75. The van der Waals surface area contributed by atoms with Crippen LogP contribution in [0.5, 0.6) is 0 Å². The minimum atomic E-state index is -0.577. The third-order valence-corrected chi connectivity index (χ3v) is 6.37. The summed E-state index contributed by atoms with van der Waals surface area (Å²) in [5, 5.41) is 0. The van der Waals surface area contributed by atoms with E-state index in [1.165, 1.54) is 11.3 Å². The van der Waals surface area contributed by atoms with E-state index in [1.54, 1.807) is 18.4 Å². The maximum Gasteiger partial charge on any atom is 0.338 e. The van der Waals surface area contributed by atoms with Crippen LogP contribution in [0.15, 0.2) is 51.4 Å². The Hall–Kier alpha value is -3.19. The van der Waals surface area contributed by atoms with Gasteiger partial charge >= 0.3 is 5.97 Å². The molecule has 160 valence electrons. The number of esters is 1. The highest BCUT2D eigenvalue weighted by atomic mass is 32.1. The number of nitrogens with one attached hydrogen (secondary N) is 1. The van der Waals surface area contributed by atoms with Gasteiger partial charge in [-0.25, -0.2) is 9.79 Å². The van der Waals surface area contributed by atoms with Crippen LogP contribution in [0.2, 0.25) is 0 Å². The lowest BCUT2D eigenvalue weighted by molar-refractivity contribution is -0.139. The molecule has 7 heteroatoms. The number of hydrogen-bond donors (Lipinski definition) is 1. The number of rotatable bonds is 4. The number of allylic oxidation sites excluding steroid dienone is 1. The molecule has 0 bridgehead atoms. The number of carbonyl (C=O) groups excluding carboxylic acids is 1. The number of hydrogen-bond acceptors (Lipinski definition) is 5. The largest absolute Gasteiger partial charge is 0.463 e. The summed E-state index contributed by atoms with van der Waals surface area (Å²) in [6.45, 7) is 9.79. The average Bonchev–Trinajstić information content (AvgIpc) is 3.19. The van der Waals surface area contributed by atoms with Crippen LogP contribution in [-0.2, 0) is 9.53 Å². The zero-order valence-electron chi connectivity index (χ0n) is 18.3. The zero-order valence-corrected chi connectivity index (χ0v) is 19.1. The molecule has 1 atom stereocenters. The molecule has 2 aromatic heterocycles. The number of ether oxygens (including phenoxy) is 1. The van der Waals surface area contributed by atoms with E-state index >= 15 is 0 Å². The number of H-pyrrole nitrogens is 1. The predicted octanol–water partition coefficient (Wildman–Crippen LogP) is 3.05. The maximum atomic E-state index is 13.5. The summed E-state index contributed by atoms with van der Waals surface area (Å²) in [5.41, 5.74) is 5.77. The minimum Gasteiger partial charge on any atom is -0.463 e. The third-order valence-electron chi connectivity index (χ3n) is 5.39. The Kier molecular flexibility index (Phi) is 5.54. The number of carbonyl (C=O) groups is 1. The first kappa shape index (κ1) is 21.1. The van der Waals surface area contributed by atoms with Crippen molar-refractivity contribution < 1.29 is 9.53 Å². The molecule has 3 aromatic rings. The number of fused-ring (bicyclic) bond motifs is 1. The molecule has 0 saturated heterocycles. The van der Waals surface area contributed by atoms with Crippen molar-refractivity contribution in [3.63, 3.8) is 0 Å². The van der Waals surface area contributed by atoms with Crippen LogP contribution in [-0.4, -0.2) is 22.1 Å². The Balaban J connectivity index is 1.97. The summed E-state index contributed by atoms with van der Waals surface area (Å²) in [5.74, 6) is -0.444. The van der Waals surface area contributed by atoms with E-state index in [1.807, 2.05) is 57.2 Å². The van der Waals surface area contributed by atoms with E-state index in [2.05, 4.69) is 9.98 Å². The Morgan fingerprint density at radius 2 is 1.94 bits per heavy atom. The molecule has 0 radical (unpaired) electrons. The maximum absolute atomic E-state index is 13.5. The fraction of sp³-hybridized carbons (Fsp3) is 0.292.